The summed E-state index contributed by atoms with van der Waals surface area (Å²) < 4.78 is 26.9. The SMILES string of the molecule is Cc1cccc(CCNC(=O)N2CCN(S(=O)(=O)c3ccccc3Cl)CC2)c1. The summed E-state index contributed by atoms with van der Waals surface area (Å²) in [5.41, 5.74) is 2.37. The number of amides is 2. The highest BCUT2D eigenvalue weighted by molar-refractivity contribution is 7.89. The Hall–Kier alpha value is -2.09. The molecule has 1 saturated heterocycles. The zero-order valence-electron chi connectivity index (χ0n) is 15.8. The van der Waals surface area contributed by atoms with Crippen molar-refractivity contribution in [3.63, 3.8) is 0 Å². The molecule has 1 fully saturated rings. The molecule has 0 aromatic heterocycles. The highest BCUT2D eigenvalue weighted by Crippen LogP contribution is 2.24. The van der Waals surface area contributed by atoms with Gasteiger partial charge in [-0.25, -0.2) is 13.2 Å². The molecule has 0 bridgehead atoms. The molecule has 3 rings (SSSR count). The first kappa shape index (κ1) is 20.6. The van der Waals surface area contributed by atoms with Gasteiger partial charge in [0.25, 0.3) is 0 Å². The van der Waals surface area contributed by atoms with Crippen LogP contribution < -0.4 is 5.32 Å². The van der Waals surface area contributed by atoms with E-state index in [9.17, 15) is 13.2 Å². The minimum Gasteiger partial charge on any atom is -0.338 e. The summed E-state index contributed by atoms with van der Waals surface area (Å²) >= 11 is 6.04. The summed E-state index contributed by atoms with van der Waals surface area (Å²) in [5, 5.41) is 3.12. The minimum atomic E-state index is -3.66. The number of halogens is 1. The van der Waals surface area contributed by atoms with Crippen LogP contribution in [0.3, 0.4) is 0 Å². The number of hydrogen-bond acceptors (Lipinski definition) is 3. The molecule has 1 N–H and O–H groups in total. The zero-order valence-corrected chi connectivity index (χ0v) is 17.3. The average Bonchev–Trinajstić information content (AvgIpc) is 2.68. The predicted octanol–water partition coefficient (Wildman–Crippen LogP) is 2.91. The van der Waals surface area contributed by atoms with Crippen molar-refractivity contribution in [2.24, 2.45) is 0 Å². The smallest absolute Gasteiger partial charge is 0.317 e. The third-order valence-electron chi connectivity index (χ3n) is 4.75. The quantitative estimate of drug-likeness (QED) is 0.806. The van der Waals surface area contributed by atoms with E-state index < -0.39 is 10.0 Å². The fourth-order valence-corrected chi connectivity index (χ4v) is 5.13. The molecular formula is C20H24ClN3O3S. The van der Waals surface area contributed by atoms with Crippen LogP contribution in [-0.2, 0) is 16.4 Å². The molecule has 1 heterocycles. The van der Waals surface area contributed by atoms with Gasteiger partial charge in [0.1, 0.15) is 4.90 Å². The van der Waals surface area contributed by atoms with Gasteiger partial charge in [0, 0.05) is 32.7 Å². The van der Waals surface area contributed by atoms with Gasteiger partial charge in [-0.15, -0.1) is 0 Å². The van der Waals surface area contributed by atoms with Crippen LogP contribution >= 0.6 is 11.6 Å². The third-order valence-corrected chi connectivity index (χ3v) is 7.15. The normalized spacial score (nSPS) is 15.4. The van der Waals surface area contributed by atoms with E-state index >= 15 is 0 Å². The number of sulfonamides is 1. The number of aryl methyl sites for hydroxylation is 1. The van der Waals surface area contributed by atoms with E-state index in [1.807, 2.05) is 25.1 Å². The summed E-state index contributed by atoms with van der Waals surface area (Å²) in [6, 6.07) is 14.4. The van der Waals surface area contributed by atoms with Gasteiger partial charge in [-0.3, -0.25) is 0 Å². The van der Waals surface area contributed by atoms with Gasteiger partial charge >= 0.3 is 6.03 Å². The van der Waals surface area contributed by atoms with E-state index in [2.05, 4.69) is 11.4 Å². The molecule has 6 nitrogen and oxygen atoms in total. The highest BCUT2D eigenvalue weighted by atomic mass is 35.5. The second kappa shape index (κ2) is 8.94. The Balaban J connectivity index is 1.50. The lowest BCUT2D eigenvalue weighted by Gasteiger charge is -2.34. The van der Waals surface area contributed by atoms with Crippen LogP contribution in [0.4, 0.5) is 4.79 Å². The van der Waals surface area contributed by atoms with Crippen molar-refractivity contribution in [3.8, 4) is 0 Å². The second-order valence-corrected chi connectivity index (χ2v) is 9.11. The van der Waals surface area contributed by atoms with Crippen molar-refractivity contribution in [1.29, 1.82) is 0 Å². The van der Waals surface area contributed by atoms with Crippen molar-refractivity contribution in [1.82, 2.24) is 14.5 Å². The molecule has 2 aromatic carbocycles. The molecule has 0 unspecified atom stereocenters. The molecule has 2 amide bonds. The molecule has 2 aromatic rings. The van der Waals surface area contributed by atoms with Crippen LogP contribution in [0.25, 0.3) is 0 Å². The maximum Gasteiger partial charge on any atom is 0.317 e. The third kappa shape index (κ3) is 4.84. The Labute approximate surface area is 171 Å². The Bertz CT molecular complexity index is 941. The Morgan fingerprint density at radius 2 is 1.79 bits per heavy atom. The monoisotopic (exact) mass is 421 g/mol. The van der Waals surface area contributed by atoms with Crippen LogP contribution in [0.1, 0.15) is 11.1 Å². The first-order valence-electron chi connectivity index (χ1n) is 9.21. The summed E-state index contributed by atoms with van der Waals surface area (Å²) in [5.74, 6) is 0. The summed E-state index contributed by atoms with van der Waals surface area (Å²) in [6.07, 6.45) is 0.758. The molecular weight excluding hydrogens is 398 g/mol. The molecule has 0 radical (unpaired) electrons. The number of carbonyl (C=O) groups is 1. The van der Waals surface area contributed by atoms with Gasteiger partial charge in [-0.2, -0.15) is 4.31 Å². The number of nitrogens with zero attached hydrogens (tertiary/aromatic N) is 2. The van der Waals surface area contributed by atoms with Gasteiger partial charge < -0.3 is 10.2 Å². The Kier molecular flexibility index (Phi) is 6.59. The molecule has 1 aliphatic rings. The molecule has 28 heavy (non-hydrogen) atoms. The largest absolute Gasteiger partial charge is 0.338 e. The number of benzene rings is 2. The first-order valence-corrected chi connectivity index (χ1v) is 11.0. The van der Waals surface area contributed by atoms with E-state index in [1.54, 1.807) is 23.1 Å². The number of carbonyl (C=O) groups excluding carboxylic acids is 1. The first-order chi connectivity index (χ1) is 13.4. The van der Waals surface area contributed by atoms with Gasteiger partial charge in [-0.1, -0.05) is 53.6 Å². The van der Waals surface area contributed by atoms with Crippen molar-refractivity contribution in [2.45, 2.75) is 18.2 Å². The molecule has 0 spiro atoms. The van der Waals surface area contributed by atoms with Crippen LogP contribution in [0, 0.1) is 6.92 Å². The van der Waals surface area contributed by atoms with Crippen molar-refractivity contribution in [2.75, 3.05) is 32.7 Å². The minimum absolute atomic E-state index is 0.104. The van der Waals surface area contributed by atoms with E-state index in [0.717, 1.165) is 6.42 Å². The topological polar surface area (TPSA) is 69.7 Å². The Morgan fingerprint density at radius 1 is 1.07 bits per heavy atom. The van der Waals surface area contributed by atoms with Gasteiger partial charge in [-0.05, 0) is 31.0 Å². The van der Waals surface area contributed by atoms with Crippen LogP contribution in [0.5, 0.6) is 0 Å². The Morgan fingerprint density at radius 3 is 2.46 bits per heavy atom. The second-order valence-electron chi connectivity index (χ2n) is 6.79. The molecule has 1 aliphatic heterocycles. The number of rotatable bonds is 5. The number of piperazine rings is 1. The van der Waals surface area contributed by atoms with E-state index in [4.69, 9.17) is 11.6 Å². The van der Waals surface area contributed by atoms with E-state index in [-0.39, 0.29) is 29.0 Å². The number of urea groups is 1. The lowest BCUT2D eigenvalue weighted by molar-refractivity contribution is 0.172. The zero-order chi connectivity index (χ0) is 20.1. The van der Waals surface area contributed by atoms with Crippen LogP contribution in [0.2, 0.25) is 5.02 Å². The summed E-state index contributed by atoms with van der Waals surface area (Å²) in [4.78, 5) is 14.1. The number of hydrogen-bond donors (Lipinski definition) is 1. The van der Waals surface area contributed by atoms with Gasteiger partial charge in [0.15, 0.2) is 0 Å². The fraction of sp³-hybridized carbons (Fsp3) is 0.350. The van der Waals surface area contributed by atoms with Crippen molar-refractivity contribution < 1.29 is 13.2 Å². The standard InChI is InChI=1S/C20H24ClN3O3S/c1-16-5-4-6-17(15-16)9-10-22-20(25)23-11-13-24(14-12-23)28(26,27)19-8-3-2-7-18(19)21/h2-8,15H,9-14H2,1H3,(H,22,25). The van der Waals surface area contributed by atoms with Gasteiger partial charge in [0.05, 0.1) is 5.02 Å². The van der Waals surface area contributed by atoms with Crippen molar-refractivity contribution >= 4 is 27.7 Å². The lowest BCUT2D eigenvalue weighted by Crippen LogP contribution is -2.53. The maximum atomic E-state index is 12.8. The summed E-state index contributed by atoms with van der Waals surface area (Å²) in [7, 11) is -3.66. The van der Waals surface area contributed by atoms with Crippen LogP contribution in [0.15, 0.2) is 53.4 Å². The van der Waals surface area contributed by atoms with E-state index in [1.165, 1.54) is 21.5 Å². The lowest BCUT2D eigenvalue weighted by atomic mass is 10.1. The van der Waals surface area contributed by atoms with E-state index in [0.29, 0.717) is 19.6 Å². The van der Waals surface area contributed by atoms with Crippen molar-refractivity contribution in [3.05, 3.63) is 64.7 Å². The predicted molar refractivity (Wildman–Crippen MR) is 110 cm³/mol. The van der Waals surface area contributed by atoms with Crippen LogP contribution in [-0.4, -0.2) is 56.4 Å². The molecule has 8 heteroatoms. The number of nitrogens with one attached hydrogen (secondary N) is 1. The van der Waals surface area contributed by atoms with Gasteiger partial charge in [0.2, 0.25) is 10.0 Å². The molecule has 0 aliphatic carbocycles. The maximum absolute atomic E-state index is 12.8. The fourth-order valence-electron chi connectivity index (χ4n) is 3.22. The molecule has 0 atom stereocenters. The highest BCUT2D eigenvalue weighted by Gasteiger charge is 2.31. The molecule has 150 valence electrons. The average molecular weight is 422 g/mol. The molecule has 0 saturated carbocycles. The summed E-state index contributed by atoms with van der Waals surface area (Å²) in [6.45, 7) is 3.77.